The molecule has 0 saturated carbocycles. The van der Waals surface area contributed by atoms with Gasteiger partial charge in [0.25, 0.3) is 0 Å². The maximum atomic E-state index is 13.2. The molecule has 0 radical (unpaired) electrons. The first-order valence-electron chi connectivity index (χ1n) is 5.86. The fourth-order valence-electron chi connectivity index (χ4n) is 2.03. The van der Waals surface area contributed by atoms with Crippen molar-refractivity contribution < 1.29 is 13.9 Å². The number of aliphatic hydroxyl groups excluding tert-OH is 1. The summed E-state index contributed by atoms with van der Waals surface area (Å²) in [5.74, 6) is -1.95. The summed E-state index contributed by atoms with van der Waals surface area (Å²) < 4.78 is 26.4. The van der Waals surface area contributed by atoms with E-state index in [-0.39, 0.29) is 6.54 Å². The molecule has 5 heteroatoms. The van der Waals surface area contributed by atoms with Crippen LogP contribution >= 0.6 is 0 Å². The molecular weight excluding hydrogens is 250 g/mol. The normalized spacial score (nSPS) is 14.1. The summed E-state index contributed by atoms with van der Waals surface area (Å²) in [6.07, 6.45) is 2.14. The van der Waals surface area contributed by atoms with E-state index < -0.39 is 23.7 Å². The highest BCUT2D eigenvalue weighted by Crippen LogP contribution is 2.30. The number of hydrogen-bond acceptors (Lipinski definition) is 3. The van der Waals surface area contributed by atoms with Crippen LogP contribution in [0.4, 0.5) is 8.78 Å². The monoisotopic (exact) mass is 264 g/mol. The SMILES string of the molecule is NCC(c1cc(F)cc(F)c1)C(O)c1ccncc1. The summed E-state index contributed by atoms with van der Waals surface area (Å²) in [7, 11) is 0. The summed E-state index contributed by atoms with van der Waals surface area (Å²) >= 11 is 0. The number of aromatic nitrogens is 1. The number of nitrogens with two attached hydrogens (primary N) is 1. The van der Waals surface area contributed by atoms with Gasteiger partial charge >= 0.3 is 0 Å². The molecule has 1 heterocycles. The van der Waals surface area contributed by atoms with E-state index in [4.69, 9.17) is 5.73 Å². The van der Waals surface area contributed by atoms with E-state index >= 15 is 0 Å². The van der Waals surface area contributed by atoms with Gasteiger partial charge in [-0.15, -0.1) is 0 Å². The van der Waals surface area contributed by atoms with E-state index in [0.29, 0.717) is 11.1 Å². The van der Waals surface area contributed by atoms with Gasteiger partial charge in [-0.1, -0.05) is 0 Å². The van der Waals surface area contributed by atoms with Gasteiger partial charge in [0.15, 0.2) is 0 Å². The second kappa shape index (κ2) is 5.86. The fourth-order valence-corrected chi connectivity index (χ4v) is 2.03. The van der Waals surface area contributed by atoms with Crippen molar-refractivity contribution in [3.8, 4) is 0 Å². The third-order valence-electron chi connectivity index (χ3n) is 3.00. The second-order valence-corrected chi connectivity index (χ2v) is 4.27. The van der Waals surface area contributed by atoms with Crippen molar-refractivity contribution in [1.82, 2.24) is 4.98 Å². The molecule has 1 aromatic carbocycles. The minimum atomic E-state index is -0.936. The van der Waals surface area contributed by atoms with Crippen LogP contribution < -0.4 is 5.73 Å². The molecule has 3 nitrogen and oxygen atoms in total. The molecule has 2 aromatic rings. The van der Waals surface area contributed by atoms with Crippen LogP contribution in [-0.4, -0.2) is 16.6 Å². The number of aliphatic hydroxyl groups is 1. The van der Waals surface area contributed by atoms with E-state index in [1.807, 2.05) is 0 Å². The first-order chi connectivity index (χ1) is 9.11. The Kier molecular flexibility index (Phi) is 4.19. The summed E-state index contributed by atoms with van der Waals surface area (Å²) in [6, 6.07) is 6.44. The average molecular weight is 264 g/mol. The van der Waals surface area contributed by atoms with E-state index in [1.54, 1.807) is 12.1 Å². The van der Waals surface area contributed by atoms with Crippen LogP contribution in [0.1, 0.15) is 23.1 Å². The van der Waals surface area contributed by atoms with Crippen LogP contribution in [0.2, 0.25) is 0 Å². The molecule has 0 aliphatic carbocycles. The van der Waals surface area contributed by atoms with Gasteiger partial charge in [0.1, 0.15) is 11.6 Å². The first kappa shape index (κ1) is 13.6. The van der Waals surface area contributed by atoms with Crippen LogP contribution in [0.25, 0.3) is 0 Å². The number of rotatable bonds is 4. The van der Waals surface area contributed by atoms with Crippen LogP contribution in [0.3, 0.4) is 0 Å². The average Bonchev–Trinajstić information content (AvgIpc) is 2.39. The lowest BCUT2D eigenvalue weighted by Gasteiger charge is -2.22. The third kappa shape index (κ3) is 3.13. The molecule has 2 atom stereocenters. The largest absolute Gasteiger partial charge is 0.388 e. The molecule has 2 rings (SSSR count). The van der Waals surface area contributed by atoms with Crippen molar-refractivity contribution in [3.63, 3.8) is 0 Å². The second-order valence-electron chi connectivity index (χ2n) is 4.27. The van der Waals surface area contributed by atoms with Gasteiger partial charge in [-0.2, -0.15) is 0 Å². The zero-order valence-corrected chi connectivity index (χ0v) is 10.1. The lowest BCUT2D eigenvalue weighted by atomic mass is 9.89. The number of nitrogens with zero attached hydrogens (tertiary/aromatic N) is 1. The van der Waals surface area contributed by atoms with E-state index in [0.717, 1.165) is 6.07 Å². The zero-order chi connectivity index (χ0) is 13.8. The van der Waals surface area contributed by atoms with Crippen LogP contribution in [0, 0.1) is 11.6 Å². The van der Waals surface area contributed by atoms with Crippen LogP contribution in [-0.2, 0) is 0 Å². The highest BCUT2D eigenvalue weighted by atomic mass is 19.1. The minimum absolute atomic E-state index is 0.0758. The number of hydrogen-bond donors (Lipinski definition) is 2. The van der Waals surface area contributed by atoms with Gasteiger partial charge in [0, 0.05) is 30.9 Å². The Balaban J connectivity index is 2.34. The minimum Gasteiger partial charge on any atom is -0.388 e. The summed E-state index contributed by atoms with van der Waals surface area (Å²) in [5, 5.41) is 10.3. The van der Waals surface area contributed by atoms with Gasteiger partial charge in [-0.25, -0.2) is 8.78 Å². The Bertz CT molecular complexity index is 528. The fraction of sp³-hybridized carbons (Fsp3) is 0.214. The smallest absolute Gasteiger partial charge is 0.126 e. The summed E-state index contributed by atoms with van der Waals surface area (Å²) in [6.45, 7) is 0.0758. The van der Waals surface area contributed by atoms with Crippen molar-refractivity contribution in [2.24, 2.45) is 5.73 Å². The predicted molar refractivity (Wildman–Crippen MR) is 67.4 cm³/mol. The molecule has 0 saturated heterocycles. The first-order valence-corrected chi connectivity index (χ1v) is 5.86. The molecule has 1 aromatic heterocycles. The Hall–Kier alpha value is -1.85. The van der Waals surface area contributed by atoms with Crippen molar-refractivity contribution in [3.05, 3.63) is 65.5 Å². The molecule has 0 bridgehead atoms. The van der Waals surface area contributed by atoms with Gasteiger partial charge in [0.05, 0.1) is 6.10 Å². The molecule has 100 valence electrons. The highest BCUT2D eigenvalue weighted by molar-refractivity contribution is 5.27. The molecule has 3 N–H and O–H groups in total. The molecule has 0 amide bonds. The van der Waals surface area contributed by atoms with Crippen LogP contribution in [0.15, 0.2) is 42.7 Å². The van der Waals surface area contributed by atoms with Crippen molar-refractivity contribution in [2.45, 2.75) is 12.0 Å². The van der Waals surface area contributed by atoms with E-state index in [9.17, 15) is 13.9 Å². The highest BCUT2D eigenvalue weighted by Gasteiger charge is 2.22. The molecule has 0 fully saturated rings. The third-order valence-corrected chi connectivity index (χ3v) is 3.00. The van der Waals surface area contributed by atoms with E-state index in [2.05, 4.69) is 4.98 Å². The molecule has 2 unspecified atom stereocenters. The van der Waals surface area contributed by atoms with E-state index in [1.165, 1.54) is 24.5 Å². The number of pyridine rings is 1. The Morgan fingerprint density at radius 3 is 2.16 bits per heavy atom. The summed E-state index contributed by atoms with van der Waals surface area (Å²) in [5.41, 5.74) is 6.57. The van der Waals surface area contributed by atoms with Crippen molar-refractivity contribution in [2.75, 3.05) is 6.54 Å². The molecule has 0 aliphatic rings. The predicted octanol–water partition coefficient (Wildman–Crippen LogP) is 2.14. The van der Waals surface area contributed by atoms with Crippen LogP contribution in [0.5, 0.6) is 0 Å². The maximum absolute atomic E-state index is 13.2. The van der Waals surface area contributed by atoms with Gasteiger partial charge < -0.3 is 10.8 Å². The number of benzene rings is 1. The Morgan fingerprint density at radius 1 is 1.05 bits per heavy atom. The standard InChI is InChI=1S/C14H14F2N2O/c15-11-5-10(6-12(16)7-11)13(8-17)14(19)9-1-3-18-4-2-9/h1-7,13-14,19H,8,17H2. The van der Waals surface area contributed by atoms with Crippen molar-refractivity contribution in [1.29, 1.82) is 0 Å². The molecule has 0 aliphatic heterocycles. The molecule has 0 spiro atoms. The Morgan fingerprint density at radius 2 is 1.63 bits per heavy atom. The molecular formula is C14H14F2N2O. The lowest BCUT2D eigenvalue weighted by Crippen LogP contribution is -2.20. The van der Waals surface area contributed by atoms with Gasteiger partial charge in [-0.05, 0) is 35.4 Å². The zero-order valence-electron chi connectivity index (χ0n) is 10.1. The summed E-state index contributed by atoms with van der Waals surface area (Å²) in [4.78, 5) is 3.85. The topological polar surface area (TPSA) is 59.1 Å². The number of halogens is 2. The van der Waals surface area contributed by atoms with Crippen molar-refractivity contribution >= 4 is 0 Å². The van der Waals surface area contributed by atoms with Gasteiger partial charge in [-0.3, -0.25) is 4.98 Å². The maximum Gasteiger partial charge on any atom is 0.126 e. The molecule has 19 heavy (non-hydrogen) atoms. The lowest BCUT2D eigenvalue weighted by molar-refractivity contribution is 0.147. The quantitative estimate of drug-likeness (QED) is 0.889. The Labute approximate surface area is 109 Å². The van der Waals surface area contributed by atoms with Gasteiger partial charge in [0.2, 0.25) is 0 Å².